The molecule has 5 nitrogen and oxygen atoms in total. The van der Waals surface area contributed by atoms with Gasteiger partial charge in [-0.1, -0.05) is 19.1 Å². The van der Waals surface area contributed by atoms with Crippen molar-refractivity contribution in [3.8, 4) is 0 Å². The SMILES string of the molecule is CNC(C)C(C)c1ccnc2c([N+](=O)[O-])cccc12. The number of aromatic nitrogens is 1. The summed E-state index contributed by atoms with van der Waals surface area (Å²) in [6.45, 7) is 4.20. The van der Waals surface area contributed by atoms with Gasteiger partial charge in [0.05, 0.1) is 4.92 Å². The van der Waals surface area contributed by atoms with Gasteiger partial charge in [-0.15, -0.1) is 0 Å². The van der Waals surface area contributed by atoms with E-state index < -0.39 is 0 Å². The second-order valence-corrected chi connectivity index (χ2v) is 4.70. The Morgan fingerprint density at radius 1 is 1.32 bits per heavy atom. The summed E-state index contributed by atoms with van der Waals surface area (Å²) < 4.78 is 0. The minimum absolute atomic E-state index is 0.0589. The van der Waals surface area contributed by atoms with Crippen LogP contribution in [0.5, 0.6) is 0 Å². The first-order valence-corrected chi connectivity index (χ1v) is 6.25. The van der Waals surface area contributed by atoms with E-state index >= 15 is 0 Å². The van der Waals surface area contributed by atoms with E-state index in [9.17, 15) is 10.1 Å². The van der Waals surface area contributed by atoms with E-state index in [2.05, 4.69) is 24.1 Å². The van der Waals surface area contributed by atoms with Gasteiger partial charge < -0.3 is 5.32 Å². The number of benzene rings is 1. The number of fused-ring (bicyclic) bond motifs is 1. The highest BCUT2D eigenvalue weighted by Gasteiger charge is 2.19. The average molecular weight is 259 g/mol. The Balaban J connectivity index is 2.64. The fourth-order valence-corrected chi connectivity index (χ4v) is 2.25. The standard InChI is InChI=1S/C14H17N3O2/c1-9(10(2)15-3)11-7-8-16-14-12(11)5-4-6-13(14)17(18)19/h4-10,15H,1-3H3. The van der Waals surface area contributed by atoms with Gasteiger partial charge in [0.2, 0.25) is 0 Å². The molecule has 0 aliphatic rings. The van der Waals surface area contributed by atoms with E-state index in [0.29, 0.717) is 5.52 Å². The Morgan fingerprint density at radius 2 is 2.05 bits per heavy atom. The molecular weight excluding hydrogens is 242 g/mol. The summed E-state index contributed by atoms with van der Waals surface area (Å²) >= 11 is 0. The number of pyridine rings is 1. The Morgan fingerprint density at radius 3 is 2.68 bits per heavy atom. The summed E-state index contributed by atoms with van der Waals surface area (Å²) in [5.74, 6) is 0.248. The second kappa shape index (κ2) is 5.32. The molecule has 2 unspecified atom stereocenters. The van der Waals surface area contributed by atoms with Gasteiger partial charge in [0.25, 0.3) is 5.69 Å². The van der Waals surface area contributed by atoms with Crippen LogP contribution in [0.4, 0.5) is 5.69 Å². The molecule has 0 fully saturated rings. The third-order valence-corrected chi connectivity index (χ3v) is 3.68. The number of likely N-dealkylation sites (N-methyl/N-ethyl adjacent to an activating group) is 1. The number of rotatable bonds is 4. The maximum atomic E-state index is 11.0. The first-order valence-electron chi connectivity index (χ1n) is 6.25. The summed E-state index contributed by atoms with van der Waals surface area (Å²) in [7, 11) is 1.91. The molecule has 2 aromatic rings. The number of nitro benzene ring substituents is 1. The van der Waals surface area contributed by atoms with Crippen molar-refractivity contribution in [1.82, 2.24) is 10.3 Å². The minimum Gasteiger partial charge on any atom is -0.317 e. The van der Waals surface area contributed by atoms with Gasteiger partial charge >= 0.3 is 0 Å². The molecule has 0 bridgehead atoms. The van der Waals surface area contributed by atoms with Crippen LogP contribution in [0.15, 0.2) is 30.5 Å². The first kappa shape index (κ1) is 13.4. The van der Waals surface area contributed by atoms with Crippen molar-refractivity contribution >= 4 is 16.6 Å². The number of nitrogens with one attached hydrogen (secondary N) is 1. The summed E-state index contributed by atoms with van der Waals surface area (Å²) in [5, 5.41) is 15.1. The molecule has 0 radical (unpaired) electrons. The Bertz CT molecular complexity index is 613. The third kappa shape index (κ3) is 2.42. The molecule has 1 aromatic heterocycles. The molecule has 1 N–H and O–H groups in total. The zero-order valence-electron chi connectivity index (χ0n) is 11.3. The predicted octanol–water partition coefficient (Wildman–Crippen LogP) is 2.85. The molecule has 2 rings (SSSR count). The van der Waals surface area contributed by atoms with E-state index in [1.54, 1.807) is 12.3 Å². The minimum atomic E-state index is -0.384. The van der Waals surface area contributed by atoms with Crippen molar-refractivity contribution in [3.63, 3.8) is 0 Å². The fourth-order valence-electron chi connectivity index (χ4n) is 2.25. The Kier molecular flexibility index (Phi) is 3.76. The van der Waals surface area contributed by atoms with E-state index in [1.807, 2.05) is 19.2 Å². The summed E-state index contributed by atoms with van der Waals surface area (Å²) in [5.41, 5.74) is 1.60. The van der Waals surface area contributed by atoms with Crippen LogP contribution in [0.2, 0.25) is 0 Å². The van der Waals surface area contributed by atoms with Crippen LogP contribution < -0.4 is 5.32 Å². The maximum Gasteiger partial charge on any atom is 0.295 e. The van der Waals surface area contributed by atoms with Gasteiger partial charge in [-0.2, -0.15) is 0 Å². The van der Waals surface area contributed by atoms with Crippen molar-refractivity contribution in [2.45, 2.75) is 25.8 Å². The van der Waals surface area contributed by atoms with Crippen LogP contribution in [0.1, 0.15) is 25.3 Å². The number of hydrogen-bond acceptors (Lipinski definition) is 4. The van der Waals surface area contributed by atoms with Gasteiger partial charge in [0.15, 0.2) is 0 Å². The number of non-ortho nitro benzene ring substituents is 1. The number of nitrogens with zero attached hydrogens (tertiary/aromatic N) is 2. The molecule has 5 heteroatoms. The van der Waals surface area contributed by atoms with Gasteiger partial charge in [-0.3, -0.25) is 10.1 Å². The third-order valence-electron chi connectivity index (χ3n) is 3.68. The van der Waals surface area contributed by atoms with Crippen molar-refractivity contribution in [1.29, 1.82) is 0 Å². The Hall–Kier alpha value is -2.01. The average Bonchev–Trinajstić information content (AvgIpc) is 2.44. The lowest BCUT2D eigenvalue weighted by Gasteiger charge is -2.20. The van der Waals surface area contributed by atoms with Crippen LogP contribution >= 0.6 is 0 Å². The molecule has 0 amide bonds. The molecular formula is C14H17N3O2. The molecule has 1 aromatic carbocycles. The highest BCUT2D eigenvalue weighted by atomic mass is 16.6. The van der Waals surface area contributed by atoms with Gasteiger partial charge in [-0.25, -0.2) is 4.98 Å². The van der Waals surface area contributed by atoms with Crippen LogP contribution in [-0.2, 0) is 0 Å². The topological polar surface area (TPSA) is 68.1 Å². The molecule has 0 saturated heterocycles. The summed E-state index contributed by atoms with van der Waals surface area (Å²) in [6, 6.07) is 7.31. The van der Waals surface area contributed by atoms with Gasteiger partial charge in [-0.05, 0) is 31.5 Å². The summed E-state index contributed by atoms with van der Waals surface area (Å²) in [6.07, 6.45) is 1.64. The molecule has 0 aliphatic heterocycles. The highest BCUT2D eigenvalue weighted by Crippen LogP contribution is 2.30. The fraction of sp³-hybridized carbons (Fsp3) is 0.357. The van der Waals surface area contributed by atoms with Crippen LogP contribution in [0, 0.1) is 10.1 Å². The molecule has 0 aliphatic carbocycles. The molecule has 19 heavy (non-hydrogen) atoms. The highest BCUT2D eigenvalue weighted by molar-refractivity contribution is 5.89. The molecule has 1 heterocycles. The van der Waals surface area contributed by atoms with Crippen molar-refractivity contribution in [2.24, 2.45) is 0 Å². The number of para-hydroxylation sites is 1. The monoisotopic (exact) mass is 259 g/mol. The molecule has 100 valence electrons. The van der Waals surface area contributed by atoms with Gasteiger partial charge in [0.1, 0.15) is 5.52 Å². The number of nitro groups is 1. The lowest BCUT2D eigenvalue weighted by Crippen LogP contribution is -2.27. The maximum absolute atomic E-state index is 11.0. The van der Waals surface area contributed by atoms with E-state index in [1.165, 1.54) is 6.07 Å². The van der Waals surface area contributed by atoms with E-state index in [4.69, 9.17) is 0 Å². The zero-order valence-corrected chi connectivity index (χ0v) is 11.3. The lowest BCUT2D eigenvalue weighted by molar-refractivity contribution is -0.383. The van der Waals surface area contributed by atoms with Crippen LogP contribution in [-0.4, -0.2) is 23.0 Å². The molecule has 0 saturated carbocycles. The first-order chi connectivity index (χ1) is 9.06. The van der Waals surface area contributed by atoms with Crippen molar-refractivity contribution in [3.05, 3.63) is 46.1 Å². The van der Waals surface area contributed by atoms with Crippen molar-refractivity contribution < 1.29 is 4.92 Å². The van der Waals surface area contributed by atoms with Crippen LogP contribution in [0.25, 0.3) is 10.9 Å². The van der Waals surface area contributed by atoms with E-state index in [-0.39, 0.29) is 22.6 Å². The van der Waals surface area contributed by atoms with Crippen molar-refractivity contribution in [2.75, 3.05) is 7.05 Å². The summed E-state index contributed by atoms with van der Waals surface area (Å²) in [4.78, 5) is 14.8. The second-order valence-electron chi connectivity index (χ2n) is 4.70. The smallest absolute Gasteiger partial charge is 0.295 e. The van der Waals surface area contributed by atoms with E-state index in [0.717, 1.165) is 10.9 Å². The zero-order chi connectivity index (χ0) is 14.0. The van der Waals surface area contributed by atoms with Gasteiger partial charge in [0, 0.05) is 23.7 Å². The predicted molar refractivity (Wildman–Crippen MR) is 75.3 cm³/mol. The van der Waals surface area contributed by atoms with Crippen LogP contribution in [0.3, 0.4) is 0 Å². The molecule has 2 atom stereocenters. The quantitative estimate of drug-likeness (QED) is 0.677. The largest absolute Gasteiger partial charge is 0.317 e. The Labute approximate surface area is 111 Å². The number of hydrogen-bond donors (Lipinski definition) is 1. The lowest BCUT2D eigenvalue weighted by atomic mass is 9.91. The molecule has 0 spiro atoms. The normalized spacial score (nSPS) is 14.3.